The molecule has 1 unspecified atom stereocenters. The molecule has 3 aromatic rings. The van der Waals surface area contributed by atoms with E-state index in [2.05, 4.69) is 15.1 Å². The molecule has 2 saturated heterocycles. The molecule has 2 aromatic carbocycles. The molecular weight excluding hydrogens is 456 g/mol. The normalized spacial score (nSPS) is 19.1. The summed E-state index contributed by atoms with van der Waals surface area (Å²) in [5.41, 5.74) is 9.97. The zero-order chi connectivity index (χ0) is 22.8. The van der Waals surface area contributed by atoms with Crippen molar-refractivity contribution in [2.75, 3.05) is 55.3 Å². The molecule has 0 radical (unpaired) electrons. The van der Waals surface area contributed by atoms with Gasteiger partial charge in [-0.15, -0.1) is 11.3 Å². The van der Waals surface area contributed by atoms with E-state index >= 15 is 0 Å². The molecule has 2 fully saturated rings. The van der Waals surface area contributed by atoms with Gasteiger partial charge in [-0.3, -0.25) is 9.69 Å². The maximum Gasteiger partial charge on any atom is 0.255 e. The van der Waals surface area contributed by atoms with Gasteiger partial charge in [0.2, 0.25) is 0 Å². The highest BCUT2D eigenvalue weighted by Gasteiger charge is 2.28. The van der Waals surface area contributed by atoms with Crippen molar-refractivity contribution >= 4 is 45.9 Å². The molecule has 3 heterocycles. The Balaban J connectivity index is 1.24. The number of amides is 1. The van der Waals surface area contributed by atoms with Crippen molar-refractivity contribution in [2.45, 2.75) is 12.5 Å². The molecule has 1 atom stereocenters. The van der Waals surface area contributed by atoms with Crippen LogP contribution in [0.3, 0.4) is 0 Å². The molecule has 0 saturated carbocycles. The Labute approximate surface area is 202 Å². The number of morpholine rings is 1. The molecule has 6 nitrogen and oxygen atoms in total. The largest absolute Gasteiger partial charge is 0.397 e. The van der Waals surface area contributed by atoms with Crippen LogP contribution < -0.4 is 16.0 Å². The molecule has 0 aliphatic carbocycles. The minimum atomic E-state index is -0.178. The number of rotatable bonds is 5. The number of nitrogens with two attached hydrogens (primary N) is 1. The van der Waals surface area contributed by atoms with Crippen LogP contribution in [0.1, 0.15) is 16.8 Å². The van der Waals surface area contributed by atoms with Crippen LogP contribution in [0.15, 0.2) is 54.6 Å². The molecule has 0 spiro atoms. The summed E-state index contributed by atoms with van der Waals surface area (Å²) in [6.07, 6.45) is 1.16. The lowest BCUT2D eigenvalue weighted by Gasteiger charge is -2.32. The smallest absolute Gasteiger partial charge is 0.255 e. The summed E-state index contributed by atoms with van der Waals surface area (Å²) < 4.78 is 6.20. The first kappa shape index (κ1) is 22.2. The van der Waals surface area contributed by atoms with E-state index in [1.165, 1.54) is 11.3 Å². The Kier molecular flexibility index (Phi) is 6.55. The summed E-state index contributed by atoms with van der Waals surface area (Å²) in [6, 6.07) is 17.9. The minimum absolute atomic E-state index is 0.178. The third-order valence-corrected chi connectivity index (χ3v) is 7.66. The van der Waals surface area contributed by atoms with Crippen LogP contribution in [0.4, 0.5) is 17.1 Å². The fourth-order valence-electron chi connectivity index (χ4n) is 4.52. The Morgan fingerprint density at radius 1 is 1.06 bits per heavy atom. The van der Waals surface area contributed by atoms with Crippen LogP contribution in [-0.2, 0) is 4.74 Å². The van der Waals surface area contributed by atoms with E-state index in [-0.39, 0.29) is 5.91 Å². The summed E-state index contributed by atoms with van der Waals surface area (Å²) in [4.78, 5) is 18.9. The van der Waals surface area contributed by atoms with Gasteiger partial charge in [-0.25, -0.2) is 0 Å². The number of hydrogen-bond acceptors (Lipinski definition) is 6. The van der Waals surface area contributed by atoms with Crippen LogP contribution >= 0.6 is 22.9 Å². The standard InChI is InChI=1S/C25H27ClN4O2S/c26-24-8-7-23(33-24)18-3-6-21(27)22(15-18)28-25(31)17-1-4-19(5-2-17)30-10-9-20(16-30)29-11-13-32-14-12-29/h1-8,15,20H,9-14,16,27H2,(H,28,31). The summed E-state index contributed by atoms with van der Waals surface area (Å²) in [7, 11) is 0. The number of halogens is 1. The SMILES string of the molecule is Nc1ccc(-c2ccc(Cl)s2)cc1NC(=O)c1ccc(N2CCC(N3CCOCC3)C2)cc1. The highest BCUT2D eigenvalue weighted by molar-refractivity contribution is 7.19. The highest BCUT2D eigenvalue weighted by Crippen LogP contribution is 2.34. The number of benzene rings is 2. The van der Waals surface area contributed by atoms with Gasteiger partial charge >= 0.3 is 0 Å². The maximum atomic E-state index is 12.9. The number of nitrogens with zero attached hydrogens (tertiary/aromatic N) is 2. The minimum Gasteiger partial charge on any atom is -0.397 e. The van der Waals surface area contributed by atoms with E-state index in [9.17, 15) is 4.79 Å². The first-order valence-corrected chi connectivity index (χ1v) is 12.4. The predicted molar refractivity (Wildman–Crippen MR) is 137 cm³/mol. The molecule has 8 heteroatoms. The molecule has 0 bridgehead atoms. The monoisotopic (exact) mass is 482 g/mol. The second-order valence-electron chi connectivity index (χ2n) is 8.44. The van der Waals surface area contributed by atoms with Crippen LogP contribution in [0.5, 0.6) is 0 Å². The van der Waals surface area contributed by atoms with E-state index < -0.39 is 0 Å². The van der Waals surface area contributed by atoms with Crippen LogP contribution in [0.2, 0.25) is 4.34 Å². The van der Waals surface area contributed by atoms with Gasteiger partial charge in [-0.2, -0.15) is 0 Å². The van der Waals surface area contributed by atoms with Gasteiger partial charge in [-0.05, 0) is 60.5 Å². The highest BCUT2D eigenvalue weighted by atomic mass is 35.5. The fourth-order valence-corrected chi connectivity index (χ4v) is 5.56. The Morgan fingerprint density at radius 2 is 1.85 bits per heavy atom. The molecule has 3 N–H and O–H groups in total. The fraction of sp³-hybridized carbons (Fsp3) is 0.320. The van der Waals surface area contributed by atoms with Gasteiger partial charge in [0.25, 0.3) is 5.91 Å². The molecule has 1 amide bonds. The van der Waals surface area contributed by atoms with Crippen LogP contribution in [0.25, 0.3) is 10.4 Å². The lowest BCUT2D eigenvalue weighted by atomic mass is 10.1. The Bertz CT molecular complexity index is 1130. The molecule has 1 aromatic heterocycles. The van der Waals surface area contributed by atoms with Gasteiger partial charge in [0.05, 0.1) is 28.9 Å². The van der Waals surface area contributed by atoms with E-state index in [0.717, 1.165) is 66.3 Å². The second-order valence-corrected chi connectivity index (χ2v) is 10.2. The quantitative estimate of drug-likeness (QED) is 0.510. The van der Waals surface area contributed by atoms with Crippen LogP contribution in [0, 0.1) is 0 Å². The van der Waals surface area contributed by atoms with Crippen LogP contribution in [-0.4, -0.2) is 56.2 Å². The average molecular weight is 483 g/mol. The summed E-state index contributed by atoms with van der Waals surface area (Å²) >= 11 is 7.56. The van der Waals surface area contributed by atoms with Crippen molar-refractivity contribution in [1.29, 1.82) is 0 Å². The number of anilines is 3. The maximum absolute atomic E-state index is 12.9. The first-order valence-electron chi connectivity index (χ1n) is 11.2. The molecule has 5 rings (SSSR count). The molecular formula is C25H27ClN4O2S. The zero-order valence-corrected chi connectivity index (χ0v) is 19.9. The zero-order valence-electron chi connectivity index (χ0n) is 18.3. The number of nitrogen functional groups attached to an aromatic ring is 1. The average Bonchev–Trinajstić information content (AvgIpc) is 3.51. The summed E-state index contributed by atoms with van der Waals surface area (Å²) in [5, 5.41) is 2.96. The van der Waals surface area contributed by atoms with Gasteiger partial charge in [0, 0.05) is 48.3 Å². The number of carbonyl (C=O) groups is 1. The Hall–Kier alpha value is -2.58. The number of hydrogen-bond donors (Lipinski definition) is 2. The van der Waals surface area contributed by atoms with Crippen molar-refractivity contribution in [3.63, 3.8) is 0 Å². The number of thiophene rings is 1. The van der Waals surface area contributed by atoms with E-state index in [1.807, 2.05) is 48.5 Å². The van der Waals surface area contributed by atoms with E-state index in [4.69, 9.17) is 22.1 Å². The van der Waals surface area contributed by atoms with Crippen molar-refractivity contribution in [1.82, 2.24) is 4.90 Å². The van der Waals surface area contributed by atoms with Gasteiger partial charge in [-0.1, -0.05) is 17.7 Å². The number of carbonyl (C=O) groups excluding carboxylic acids is 1. The summed E-state index contributed by atoms with van der Waals surface area (Å²) in [6.45, 7) is 5.73. The third-order valence-electron chi connectivity index (χ3n) is 6.38. The van der Waals surface area contributed by atoms with Crippen molar-refractivity contribution in [2.24, 2.45) is 0 Å². The van der Waals surface area contributed by atoms with Crippen molar-refractivity contribution < 1.29 is 9.53 Å². The number of ether oxygens (including phenoxy) is 1. The predicted octanol–water partition coefficient (Wildman–Crippen LogP) is 4.81. The lowest BCUT2D eigenvalue weighted by Crippen LogP contribution is -2.44. The van der Waals surface area contributed by atoms with E-state index in [1.54, 1.807) is 6.07 Å². The van der Waals surface area contributed by atoms with Gasteiger partial charge in [0.15, 0.2) is 0 Å². The Morgan fingerprint density at radius 3 is 2.58 bits per heavy atom. The third kappa shape index (κ3) is 5.01. The first-order chi connectivity index (χ1) is 16.1. The molecule has 33 heavy (non-hydrogen) atoms. The topological polar surface area (TPSA) is 70.8 Å². The van der Waals surface area contributed by atoms with Gasteiger partial charge < -0.3 is 20.7 Å². The summed E-state index contributed by atoms with van der Waals surface area (Å²) in [5.74, 6) is -0.178. The second kappa shape index (κ2) is 9.73. The molecule has 2 aliphatic heterocycles. The van der Waals surface area contributed by atoms with Crippen molar-refractivity contribution in [3.05, 3.63) is 64.5 Å². The van der Waals surface area contributed by atoms with Gasteiger partial charge in [0.1, 0.15) is 0 Å². The van der Waals surface area contributed by atoms with E-state index in [0.29, 0.717) is 23.0 Å². The molecule has 172 valence electrons. The number of nitrogens with one attached hydrogen (secondary N) is 1. The molecule has 2 aliphatic rings. The lowest BCUT2D eigenvalue weighted by molar-refractivity contribution is 0.0209. The van der Waals surface area contributed by atoms with Crippen molar-refractivity contribution in [3.8, 4) is 10.4 Å².